The molecule has 1 aliphatic rings. The minimum atomic E-state index is -0.338. The molecule has 148 valence electrons. The van der Waals surface area contributed by atoms with Gasteiger partial charge in [0.2, 0.25) is 0 Å². The first-order chi connectivity index (χ1) is 14.2. The first-order valence-corrected chi connectivity index (χ1v) is 9.40. The number of benzene rings is 2. The summed E-state index contributed by atoms with van der Waals surface area (Å²) in [5, 5.41) is 2.81. The molecule has 0 bridgehead atoms. The number of ether oxygens (including phenoxy) is 2. The van der Waals surface area contributed by atoms with Gasteiger partial charge in [-0.25, -0.2) is 9.97 Å². The fourth-order valence-electron chi connectivity index (χ4n) is 3.46. The summed E-state index contributed by atoms with van der Waals surface area (Å²) in [6.07, 6.45) is 5.26. The lowest BCUT2D eigenvalue weighted by Crippen LogP contribution is -2.25. The van der Waals surface area contributed by atoms with Crippen LogP contribution in [0, 0.1) is 0 Å². The van der Waals surface area contributed by atoms with E-state index in [1.165, 1.54) is 11.8 Å². The van der Waals surface area contributed by atoms with Crippen molar-refractivity contribution in [1.82, 2.24) is 9.97 Å². The SMILES string of the molecule is COc1ccc(NC(=O)c2cnc(N3CCCc4ccccc43)cn2)cc1OC. The summed E-state index contributed by atoms with van der Waals surface area (Å²) in [5.74, 6) is 1.53. The molecular formula is C22H22N4O3. The Balaban J connectivity index is 1.51. The minimum absolute atomic E-state index is 0.244. The molecule has 4 rings (SSSR count). The summed E-state index contributed by atoms with van der Waals surface area (Å²) in [7, 11) is 3.11. The van der Waals surface area contributed by atoms with Crippen molar-refractivity contribution in [1.29, 1.82) is 0 Å². The van der Waals surface area contributed by atoms with Crippen molar-refractivity contribution in [2.75, 3.05) is 31.0 Å². The number of anilines is 3. The fraction of sp³-hybridized carbons (Fsp3) is 0.227. The zero-order chi connectivity index (χ0) is 20.2. The van der Waals surface area contributed by atoms with E-state index in [0.29, 0.717) is 17.2 Å². The summed E-state index contributed by atoms with van der Waals surface area (Å²) >= 11 is 0. The number of carbonyl (C=O) groups excluding carboxylic acids is 1. The zero-order valence-corrected chi connectivity index (χ0v) is 16.4. The summed E-state index contributed by atoms with van der Waals surface area (Å²) in [4.78, 5) is 23.5. The average molecular weight is 390 g/mol. The first kappa shape index (κ1) is 18.7. The monoisotopic (exact) mass is 390 g/mol. The molecule has 2 heterocycles. The Bertz CT molecular complexity index is 1020. The molecule has 0 radical (unpaired) electrons. The van der Waals surface area contributed by atoms with E-state index in [4.69, 9.17) is 9.47 Å². The normalized spacial score (nSPS) is 12.8. The highest BCUT2D eigenvalue weighted by atomic mass is 16.5. The molecule has 0 saturated heterocycles. The Hall–Kier alpha value is -3.61. The van der Waals surface area contributed by atoms with E-state index >= 15 is 0 Å². The summed E-state index contributed by atoms with van der Waals surface area (Å²) in [6.45, 7) is 0.878. The van der Waals surface area contributed by atoms with Crippen LogP contribution >= 0.6 is 0 Å². The maximum atomic E-state index is 12.6. The molecule has 0 unspecified atom stereocenters. The molecule has 1 aliphatic heterocycles. The van der Waals surface area contributed by atoms with E-state index in [-0.39, 0.29) is 11.6 Å². The number of hydrogen-bond donors (Lipinski definition) is 1. The second kappa shape index (κ2) is 8.18. The van der Waals surface area contributed by atoms with Crippen LogP contribution in [0.3, 0.4) is 0 Å². The molecule has 0 atom stereocenters. The van der Waals surface area contributed by atoms with Crippen LogP contribution in [-0.2, 0) is 6.42 Å². The average Bonchev–Trinajstić information content (AvgIpc) is 2.78. The van der Waals surface area contributed by atoms with Gasteiger partial charge in [0.25, 0.3) is 5.91 Å². The first-order valence-electron chi connectivity index (χ1n) is 9.40. The van der Waals surface area contributed by atoms with Crippen molar-refractivity contribution in [2.24, 2.45) is 0 Å². The molecule has 1 N–H and O–H groups in total. The lowest BCUT2D eigenvalue weighted by molar-refractivity contribution is 0.102. The number of amides is 1. The van der Waals surface area contributed by atoms with Crippen LogP contribution in [0.2, 0.25) is 0 Å². The second-order valence-electron chi connectivity index (χ2n) is 6.67. The van der Waals surface area contributed by atoms with E-state index in [9.17, 15) is 4.79 Å². The van der Waals surface area contributed by atoms with Crippen LogP contribution in [0.4, 0.5) is 17.2 Å². The molecular weight excluding hydrogens is 368 g/mol. The standard InChI is InChI=1S/C22H22N4O3/c1-28-19-10-9-16(12-20(19)29-2)25-22(27)17-13-24-21(14-23-17)26-11-5-7-15-6-3-4-8-18(15)26/h3-4,6,8-10,12-14H,5,7,11H2,1-2H3,(H,25,27). The van der Waals surface area contributed by atoms with Gasteiger partial charge in [-0.1, -0.05) is 18.2 Å². The van der Waals surface area contributed by atoms with Gasteiger partial charge in [-0.2, -0.15) is 0 Å². The van der Waals surface area contributed by atoms with E-state index in [1.54, 1.807) is 38.6 Å². The largest absolute Gasteiger partial charge is 0.493 e. The Kier molecular flexibility index (Phi) is 5.29. The third kappa shape index (κ3) is 3.85. The Labute approximate surface area is 169 Å². The summed E-state index contributed by atoms with van der Waals surface area (Å²) < 4.78 is 10.5. The molecule has 0 spiro atoms. The quantitative estimate of drug-likeness (QED) is 0.714. The number of nitrogens with zero attached hydrogens (tertiary/aromatic N) is 3. The van der Waals surface area contributed by atoms with Crippen LogP contribution in [0.25, 0.3) is 0 Å². The van der Waals surface area contributed by atoms with Gasteiger partial charge in [0.15, 0.2) is 17.3 Å². The Morgan fingerprint density at radius 2 is 1.86 bits per heavy atom. The van der Waals surface area contributed by atoms with E-state index in [0.717, 1.165) is 30.9 Å². The molecule has 1 amide bonds. The van der Waals surface area contributed by atoms with Gasteiger partial charge >= 0.3 is 0 Å². The predicted octanol–water partition coefficient (Wildman–Crippen LogP) is 3.83. The molecule has 7 nitrogen and oxygen atoms in total. The van der Waals surface area contributed by atoms with Crippen LogP contribution in [-0.4, -0.2) is 36.6 Å². The van der Waals surface area contributed by atoms with Crippen molar-refractivity contribution in [3.8, 4) is 11.5 Å². The van der Waals surface area contributed by atoms with Gasteiger partial charge < -0.3 is 19.7 Å². The Morgan fingerprint density at radius 3 is 2.62 bits per heavy atom. The van der Waals surface area contributed by atoms with Crippen molar-refractivity contribution in [3.63, 3.8) is 0 Å². The number of carbonyl (C=O) groups is 1. The number of hydrogen-bond acceptors (Lipinski definition) is 6. The van der Waals surface area contributed by atoms with Gasteiger partial charge in [0, 0.05) is 24.0 Å². The Morgan fingerprint density at radius 1 is 1.03 bits per heavy atom. The third-order valence-corrected chi connectivity index (χ3v) is 4.90. The van der Waals surface area contributed by atoms with Crippen LogP contribution in [0.15, 0.2) is 54.9 Å². The van der Waals surface area contributed by atoms with Crippen molar-refractivity contribution >= 4 is 23.1 Å². The molecule has 2 aromatic carbocycles. The number of para-hydroxylation sites is 1. The maximum Gasteiger partial charge on any atom is 0.275 e. The van der Waals surface area contributed by atoms with Crippen molar-refractivity contribution in [3.05, 3.63) is 66.1 Å². The highest BCUT2D eigenvalue weighted by Gasteiger charge is 2.19. The van der Waals surface area contributed by atoms with Gasteiger partial charge in [-0.05, 0) is 36.6 Å². The highest BCUT2D eigenvalue weighted by Crippen LogP contribution is 2.32. The van der Waals surface area contributed by atoms with E-state index in [2.05, 4.69) is 38.4 Å². The van der Waals surface area contributed by atoms with Gasteiger partial charge in [0.05, 0.1) is 26.6 Å². The number of methoxy groups -OCH3 is 2. The molecule has 1 aromatic heterocycles. The zero-order valence-electron chi connectivity index (χ0n) is 16.4. The fourth-order valence-corrected chi connectivity index (χ4v) is 3.46. The number of fused-ring (bicyclic) bond motifs is 1. The molecule has 0 saturated carbocycles. The van der Waals surface area contributed by atoms with Crippen LogP contribution < -0.4 is 19.7 Å². The smallest absolute Gasteiger partial charge is 0.275 e. The van der Waals surface area contributed by atoms with Gasteiger partial charge in [-0.3, -0.25) is 4.79 Å². The lowest BCUT2D eigenvalue weighted by Gasteiger charge is -2.30. The number of aryl methyl sites for hydroxylation is 1. The number of aromatic nitrogens is 2. The topological polar surface area (TPSA) is 76.6 Å². The maximum absolute atomic E-state index is 12.6. The van der Waals surface area contributed by atoms with E-state index in [1.807, 2.05) is 6.07 Å². The summed E-state index contributed by atoms with van der Waals surface area (Å²) in [6, 6.07) is 13.5. The van der Waals surface area contributed by atoms with Crippen LogP contribution in [0.5, 0.6) is 11.5 Å². The van der Waals surface area contributed by atoms with Gasteiger partial charge in [0.1, 0.15) is 5.69 Å². The van der Waals surface area contributed by atoms with Gasteiger partial charge in [-0.15, -0.1) is 0 Å². The predicted molar refractivity (Wildman–Crippen MR) is 111 cm³/mol. The lowest BCUT2D eigenvalue weighted by atomic mass is 10.0. The highest BCUT2D eigenvalue weighted by molar-refractivity contribution is 6.02. The number of rotatable bonds is 5. The molecule has 29 heavy (non-hydrogen) atoms. The minimum Gasteiger partial charge on any atom is -0.493 e. The second-order valence-corrected chi connectivity index (χ2v) is 6.67. The third-order valence-electron chi connectivity index (χ3n) is 4.90. The van der Waals surface area contributed by atoms with Crippen LogP contribution in [0.1, 0.15) is 22.5 Å². The summed E-state index contributed by atoms with van der Waals surface area (Å²) in [5.41, 5.74) is 3.28. The molecule has 7 heteroatoms. The number of nitrogens with one attached hydrogen (secondary N) is 1. The molecule has 0 aliphatic carbocycles. The molecule has 0 fully saturated rings. The molecule has 3 aromatic rings. The van der Waals surface area contributed by atoms with Crippen molar-refractivity contribution in [2.45, 2.75) is 12.8 Å². The van der Waals surface area contributed by atoms with Crippen molar-refractivity contribution < 1.29 is 14.3 Å². The van der Waals surface area contributed by atoms with E-state index < -0.39 is 0 Å².